The molecular weight excluding hydrogens is 240 g/mol. The van der Waals surface area contributed by atoms with Crippen LogP contribution >= 0.6 is 0 Å². The Morgan fingerprint density at radius 3 is 2.74 bits per heavy atom. The zero-order valence-electron chi connectivity index (χ0n) is 11.5. The Labute approximate surface area is 112 Å². The molecule has 1 N–H and O–H groups in total. The van der Waals surface area contributed by atoms with E-state index in [0.717, 1.165) is 17.1 Å². The van der Waals surface area contributed by atoms with Gasteiger partial charge in [0.2, 0.25) is 0 Å². The molecule has 0 aliphatic rings. The maximum Gasteiger partial charge on any atom is 0.154 e. The molecule has 0 fully saturated rings. The number of aryl methyl sites for hydroxylation is 3. The van der Waals surface area contributed by atoms with Crippen molar-refractivity contribution in [3.05, 3.63) is 35.0 Å². The van der Waals surface area contributed by atoms with Gasteiger partial charge in [-0.15, -0.1) is 10.2 Å². The zero-order chi connectivity index (χ0) is 14.0. The van der Waals surface area contributed by atoms with E-state index in [9.17, 15) is 5.26 Å². The number of rotatable bonds is 3. The van der Waals surface area contributed by atoms with Gasteiger partial charge in [-0.25, -0.2) is 4.98 Å². The summed E-state index contributed by atoms with van der Waals surface area (Å²) in [6.07, 6.45) is 1.65. The molecule has 2 aromatic heterocycles. The van der Waals surface area contributed by atoms with Gasteiger partial charge in [0.25, 0.3) is 0 Å². The highest BCUT2D eigenvalue weighted by Gasteiger charge is 2.15. The van der Waals surface area contributed by atoms with E-state index in [1.54, 1.807) is 6.33 Å². The molecule has 2 aromatic rings. The summed E-state index contributed by atoms with van der Waals surface area (Å²) in [5.74, 6) is 1.39. The van der Waals surface area contributed by atoms with E-state index in [1.165, 1.54) is 0 Å². The topological polar surface area (TPSA) is 79.4 Å². The predicted octanol–water partition coefficient (Wildman–Crippen LogP) is 1.87. The first kappa shape index (κ1) is 13.0. The van der Waals surface area contributed by atoms with Gasteiger partial charge in [0.15, 0.2) is 5.82 Å². The van der Waals surface area contributed by atoms with Gasteiger partial charge in [-0.1, -0.05) is 0 Å². The molecule has 0 saturated heterocycles. The van der Waals surface area contributed by atoms with Crippen molar-refractivity contribution >= 4 is 5.82 Å². The van der Waals surface area contributed by atoms with Crippen molar-refractivity contribution in [3.63, 3.8) is 0 Å². The molecule has 98 valence electrons. The first-order valence-electron chi connectivity index (χ1n) is 6.01. The quantitative estimate of drug-likeness (QED) is 0.906. The number of anilines is 1. The van der Waals surface area contributed by atoms with Gasteiger partial charge in [-0.3, -0.25) is 0 Å². The summed E-state index contributed by atoms with van der Waals surface area (Å²) < 4.78 is 1.84. The first-order chi connectivity index (χ1) is 9.02. The van der Waals surface area contributed by atoms with Crippen molar-refractivity contribution in [2.75, 3.05) is 5.32 Å². The number of aromatic nitrogens is 4. The largest absolute Gasteiger partial charge is 0.359 e. The highest BCUT2D eigenvalue weighted by Crippen LogP contribution is 2.22. The summed E-state index contributed by atoms with van der Waals surface area (Å²) >= 11 is 0. The Kier molecular flexibility index (Phi) is 3.47. The molecular formula is C13H16N6. The van der Waals surface area contributed by atoms with Gasteiger partial charge in [0, 0.05) is 12.7 Å². The van der Waals surface area contributed by atoms with Crippen LogP contribution in [0.1, 0.15) is 35.6 Å². The molecule has 1 unspecified atom stereocenters. The summed E-state index contributed by atoms with van der Waals surface area (Å²) in [4.78, 5) is 4.39. The van der Waals surface area contributed by atoms with Gasteiger partial charge < -0.3 is 9.88 Å². The number of nitrogens with zero attached hydrogens (tertiary/aromatic N) is 5. The second kappa shape index (κ2) is 5.06. The van der Waals surface area contributed by atoms with Crippen LogP contribution in [0.25, 0.3) is 0 Å². The molecule has 1 atom stereocenters. The average Bonchev–Trinajstić information content (AvgIpc) is 2.75. The van der Waals surface area contributed by atoms with Crippen molar-refractivity contribution in [2.45, 2.75) is 26.8 Å². The van der Waals surface area contributed by atoms with Crippen molar-refractivity contribution in [3.8, 4) is 6.07 Å². The van der Waals surface area contributed by atoms with E-state index in [1.807, 2.05) is 38.5 Å². The molecule has 6 heteroatoms. The Morgan fingerprint density at radius 2 is 2.16 bits per heavy atom. The predicted molar refractivity (Wildman–Crippen MR) is 71.5 cm³/mol. The molecule has 0 saturated carbocycles. The normalized spacial score (nSPS) is 11.9. The first-order valence-corrected chi connectivity index (χ1v) is 6.01. The summed E-state index contributed by atoms with van der Waals surface area (Å²) in [5, 5.41) is 20.4. The van der Waals surface area contributed by atoms with Crippen LogP contribution in [0.3, 0.4) is 0 Å². The SMILES string of the molecule is Cc1cc(C)c(C#N)c(NC(C)c2nncn2C)n1. The van der Waals surface area contributed by atoms with Crippen LogP contribution in [0, 0.1) is 25.2 Å². The molecule has 0 aromatic carbocycles. The number of pyridine rings is 1. The molecule has 0 aliphatic carbocycles. The lowest BCUT2D eigenvalue weighted by Gasteiger charge is -2.16. The molecule has 19 heavy (non-hydrogen) atoms. The Hall–Kier alpha value is -2.42. The molecule has 0 bridgehead atoms. The van der Waals surface area contributed by atoms with E-state index in [-0.39, 0.29) is 6.04 Å². The number of nitrogens with one attached hydrogen (secondary N) is 1. The van der Waals surface area contributed by atoms with Gasteiger partial charge in [0.1, 0.15) is 18.2 Å². The monoisotopic (exact) mass is 256 g/mol. The molecule has 6 nitrogen and oxygen atoms in total. The highest BCUT2D eigenvalue weighted by atomic mass is 15.3. The number of hydrogen-bond acceptors (Lipinski definition) is 5. The third kappa shape index (κ3) is 2.55. The molecule has 2 heterocycles. The summed E-state index contributed by atoms with van der Waals surface area (Å²) in [6, 6.07) is 4.01. The summed E-state index contributed by atoms with van der Waals surface area (Å²) in [6.45, 7) is 5.78. The average molecular weight is 256 g/mol. The maximum absolute atomic E-state index is 9.23. The minimum atomic E-state index is -0.0756. The van der Waals surface area contributed by atoms with Crippen LogP contribution < -0.4 is 5.32 Å². The molecule has 0 spiro atoms. The summed E-state index contributed by atoms with van der Waals surface area (Å²) in [5.41, 5.74) is 2.37. The van der Waals surface area contributed by atoms with Gasteiger partial charge in [-0.2, -0.15) is 5.26 Å². The van der Waals surface area contributed by atoms with E-state index >= 15 is 0 Å². The lowest BCUT2D eigenvalue weighted by atomic mass is 10.1. The standard InChI is InChI=1S/C13H16N6/c1-8-5-9(2)16-12(11(8)6-14)17-10(3)13-18-15-7-19(13)4/h5,7,10H,1-4H3,(H,16,17). The van der Waals surface area contributed by atoms with Crippen LogP contribution in [0.15, 0.2) is 12.4 Å². The third-order valence-corrected chi connectivity index (χ3v) is 2.94. The zero-order valence-corrected chi connectivity index (χ0v) is 11.5. The Balaban J connectivity index is 2.34. The Morgan fingerprint density at radius 1 is 1.42 bits per heavy atom. The molecule has 0 radical (unpaired) electrons. The van der Waals surface area contributed by atoms with Crippen molar-refractivity contribution < 1.29 is 0 Å². The minimum Gasteiger partial charge on any atom is -0.359 e. The highest BCUT2D eigenvalue weighted by molar-refractivity contribution is 5.56. The lowest BCUT2D eigenvalue weighted by molar-refractivity contribution is 0.715. The number of hydrogen-bond donors (Lipinski definition) is 1. The second-order valence-electron chi connectivity index (χ2n) is 4.58. The fourth-order valence-electron chi connectivity index (χ4n) is 2.04. The van der Waals surface area contributed by atoms with Crippen molar-refractivity contribution in [1.29, 1.82) is 5.26 Å². The smallest absolute Gasteiger partial charge is 0.154 e. The third-order valence-electron chi connectivity index (χ3n) is 2.94. The second-order valence-corrected chi connectivity index (χ2v) is 4.58. The van der Waals surface area contributed by atoms with Gasteiger partial charge >= 0.3 is 0 Å². The van der Waals surface area contributed by atoms with Crippen LogP contribution in [0.2, 0.25) is 0 Å². The lowest BCUT2D eigenvalue weighted by Crippen LogP contribution is -2.14. The maximum atomic E-state index is 9.23. The Bertz CT molecular complexity index is 637. The van der Waals surface area contributed by atoms with Crippen molar-refractivity contribution in [2.24, 2.45) is 7.05 Å². The molecule has 0 aliphatic heterocycles. The van der Waals surface area contributed by atoms with Crippen LogP contribution in [-0.2, 0) is 7.05 Å². The van der Waals surface area contributed by atoms with Crippen LogP contribution in [-0.4, -0.2) is 19.7 Å². The fourth-order valence-corrected chi connectivity index (χ4v) is 2.04. The van der Waals surface area contributed by atoms with Crippen LogP contribution in [0.5, 0.6) is 0 Å². The molecule has 0 amide bonds. The van der Waals surface area contributed by atoms with Gasteiger partial charge in [-0.05, 0) is 32.4 Å². The summed E-state index contributed by atoms with van der Waals surface area (Å²) in [7, 11) is 1.88. The van der Waals surface area contributed by atoms with E-state index in [0.29, 0.717) is 11.4 Å². The van der Waals surface area contributed by atoms with E-state index in [4.69, 9.17) is 0 Å². The molecule has 2 rings (SSSR count). The van der Waals surface area contributed by atoms with E-state index in [2.05, 4.69) is 26.6 Å². The fraction of sp³-hybridized carbons (Fsp3) is 0.385. The minimum absolute atomic E-state index is 0.0756. The van der Waals surface area contributed by atoms with Crippen LogP contribution in [0.4, 0.5) is 5.82 Å². The van der Waals surface area contributed by atoms with Crippen molar-refractivity contribution in [1.82, 2.24) is 19.7 Å². The number of nitriles is 1. The van der Waals surface area contributed by atoms with Gasteiger partial charge in [0.05, 0.1) is 11.6 Å². The van der Waals surface area contributed by atoms with E-state index < -0.39 is 0 Å².